The second-order valence-electron chi connectivity index (χ2n) is 3.97. The molecule has 1 aliphatic carbocycles. The van der Waals surface area contributed by atoms with Crippen LogP contribution in [0.3, 0.4) is 0 Å². The molecule has 0 spiro atoms. The molecule has 0 aliphatic heterocycles. The molecular formula is C14H16O. The van der Waals surface area contributed by atoms with Gasteiger partial charge in [-0.15, -0.1) is 0 Å². The summed E-state index contributed by atoms with van der Waals surface area (Å²) in [6.45, 7) is 4.19. The van der Waals surface area contributed by atoms with E-state index in [0.29, 0.717) is 0 Å². The van der Waals surface area contributed by atoms with E-state index in [1.54, 1.807) is 7.11 Å². The van der Waals surface area contributed by atoms with Gasteiger partial charge in [-0.05, 0) is 54.7 Å². The Morgan fingerprint density at radius 2 is 1.80 bits per heavy atom. The lowest BCUT2D eigenvalue weighted by Gasteiger charge is -2.11. The van der Waals surface area contributed by atoms with E-state index in [4.69, 9.17) is 4.74 Å². The van der Waals surface area contributed by atoms with Gasteiger partial charge in [0, 0.05) is 0 Å². The second-order valence-corrected chi connectivity index (χ2v) is 3.97. The fourth-order valence-corrected chi connectivity index (χ4v) is 2.12. The summed E-state index contributed by atoms with van der Waals surface area (Å²) in [7, 11) is 1.73. The van der Waals surface area contributed by atoms with Gasteiger partial charge in [0.05, 0.1) is 7.11 Å². The van der Waals surface area contributed by atoms with Crippen molar-refractivity contribution in [1.29, 1.82) is 0 Å². The number of aryl methyl sites for hydroxylation is 2. The normalized spacial score (nSPS) is 14.2. The summed E-state index contributed by atoms with van der Waals surface area (Å²) in [5, 5.41) is 0. The van der Waals surface area contributed by atoms with Crippen LogP contribution in [0, 0.1) is 13.8 Å². The Labute approximate surface area is 91.1 Å². The zero-order valence-electron chi connectivity index (χ0n) is 9.50. The van der Waals surface area contributed by atoms with E-state index in [1.807, 2.05) is 0 Å². The molecule has 1 nitrogen and oxygen atoms in total. The van der Waals surface area contributed by atoms with Gasteiger partial charge in [0.2, 0.25) is 0 Å². The standard InChI is InChI=1S/C14H16O/c1-10-8-13(12-6-4-5-7-12)9-11(2)14(10)15-3/h4-6,8-9H,7H2,1-3H3. The molecule has 0 amide bonds. The molecule has 1 aliphatic rings. The largest absolute Gasteiger partial charge is 0.496 e. The maximum atomic E-state index is 5.36. The number of benzene rings is 1. The van der Waals surface area contributed by atoms with Crippen molar-refractivity contribution in [1.82, 2.24) is 0 Å². The van der Waals surface area contributed by atoms with E-state index in [0.717, 1.165) is 12.2 Å². The van der Waals surface area contributed by atoms with Crippen LogP contribution in [-0.2, 0) is 0 Å². The lowest BCUT2D eigenvalue weighted by molar-refractivity contribution is 0.408. The molecule has 0 aromatic heterocycles. The Bertz CT molecular complexity index is 416. The zero-order chi connectivity index (χ0) is 10.8. The molecule has 1 aromatic rings. The highest BCUT2D eigenvalue weighted by Crippen LogP contribution is 2.30. The maximum Gasteiger partial charge on any atom is 0.124 e. The first-order chi connectivity index (χ1) is 7.22. The fourth-order valence-electron chi connectivity index (χ4n) is 2.12. The maximum absolute atomic E-state index is 5.36. The van der Waals surface area contributed by atoms with E-state index in [1.165, 1.54) is 22.3 Å². The van der Waals surface area contributed by atoms with Gasteiger partial charge in [0.15, 0.2) is 0 Å². The third-order valence-electron chi connectivity index (χ3n) is 2.81. The lowest BCUT2D eigenvalue weighted by Crippen LogP contribution is -1.93. The van der Waals surface area contributed by atoms with E-state index in [9.17, 15) is 0 Å². The van der Waals surface area contributed by atoms with Crippen molar-refractivity contribution in [2.75, 3.05) is 7.11 Å². The van der Waals surface area contributed by atoms with Crippen LogP contribution in [0.1, 0.15) is 23.1 Å². The summed E-state index contributed by atoms with van der Waals surface area (Å²) in [4.78, 5) is 0. The van der Waals surface area contributed by atoms with Crippen LogP contribution >= 0.6 is 0 Å². The van der Waals surface area contributed by atoms with Crippen LogP contribution in [0.25, 0.3) is 5.57 Å². The van der Waals surface area contributed by atoms with Crippen molar-refractivity contribution in [3.8, 4) is 5.75 Å². The summed E-state index contributed by atoms with van der Waals surface area (Å²) in [5.41, 5.74) is 5.13. The number of methoxy groups -OCH3 is 1. The predicted molar refractivity (Wildman–Crippen MR) is 64.2 cm³/mol. The summed E-state index contributed by atoms with van der Waals surface area (Å²) in [6.07, 6.45) is 7.53. The number of hydrogen-bond acceptors (Lipinski definition) is 1. The van der Waals surface area contributed by atoms with E-state index in [2.05, 4.69) is 44.2 Å². The molecule has 0 fully saturated rings. The van der Waals surface area contributed by atoms with Crippen molar-refractivity contribution < 1.29 is 4.74 Å². The van der Waals surface area contributed by atoms with E-state index in [-0.39, 0.29) is 0 Å². The van der Waals surface area contributed by atoms with E-state index >= 15 is 0 Å². The molecule has 0 bridgehead atoms. The van der Waals surface area contributed by atoms with Gasteiger partial charge < -0.3 is 4.74 Å². The number of ether oxygens (including phenoxy) is 1. The monoisotopic (exact) mass is 200 g/mol. The first-order valence-corrected chi connectivity index (χ1v) is 5.23. The Morgan fingerprint density at radius 1 is 1.13 bits per heavy atom. The predicted octanol–water partition coefficient (Wildman–Crippen LogP) is 3.66. The first kappa shape index (κ1) is 10.0. The van der Waals surface area contributed by atoms with Crippen molar-refractivity contribution in [3.63, 3.8) is 0 Å². The summed E-state index contributed by atoms with van der Waals surface area (Å²) >= 11 is 0. The van der Waals surface area contributed by atoms with E-state index < -0.39 is 0 Å². The molecular weight excluding hydrogens is 184 g/mol. The highest BCUT2D eigenvalue weighted by molar-refractivity contribution is 5.72. The van der Waals surface area contributed by atoms with Crippen molar-refractivity contribution >= 4 is 5.57 Å². The number of hydrogen-bond donors (Lipinski definition) is 0. The van der Waals surface area contributed by atoms with Crippen molar-refractivity contribution in [2.24, 2.45) is 0 Å². The van der Waals surface area contributed by atoms with Gasteiger partial charge in [0.25, 0.3) is 0 Å². The molecule has 0 heterocycles. The molecule has 0 atom stereocenters. The number of rotatable bonds is 2. The SMILES string of the molecule is COc1c(C)cc(C2=CC=CC2)cc1C. The topological polar surface area (TPSA) is 9.23 Å². The van der Waals surface area contributed by atoms with Gasteiger partial charge >= 0.3 is 0 Å². The average molecular weight is 200 g/mol. The minimum Gasteiger partial charge on any atom is -0.496 e. The van der Waals surface area contributed by atoms with Crippen LogP contribution in [0.15, 0.2) is 30.4 Å². The van der Waals surface area contributed by atoms with Crippen LogP contribution < -0.4 is 4.74 Å². The minimum atomic E-state index is 1.00. The van der Waals surface area contributed by atoms with Crippen LogP contribution in [0.2, 0.25) is 0 Å². The van der Waals surface area contributed by atoms with Crippen molar-refractivity contribution in [3.05, 3.63) is 47.1 Å². The molecule has 0 unspecified atom stereocenters. The van der Waals surface area contributed by atoms with Gasteiger partial charge in [0.1, 0.15) is 5.75 Å². The molecule has 0 saturated carbocycles. The molecule has 0 saturated heterocycles. The van der Waals surface area contributed by atoms with Crippen LogP contribution in [0.4, 0.5) is 0 Å². The first-order valence-electron chi connectivity index (χ1n) is 5.23. The lowest BCUT2D eigenvalue weighted by atomic mass is 9.99. The van der Waals surface area contributed by atoms with Crippen LogP contribution in [-0.4, -0.2) is 7.11 Å². The Hall–Kier alpha value is -1.50. The number of allylic oxidation sites excluding steroid dienone is 4. The second kappa shape index (κ2) is 3.93. The summed E-state index contributed by atoms with van der Waals surface area (Å²) in [6, 6.07) is 4.40. The van der Waals surface area contributed by atoms with Gasteiger partial charge in [-0.25, -0.2) is 0 Å². The Morgan fingerprint density at radius 3 is 2.27 bits per heavy atom. The summed E-state index contributed by atoms with van der Waals surface area (Å²) in [5.74, 6) is 1.00. The Kier molecular flexibility index (Phi) is 2.63. The molecule has 1 aromatic carbocycles. The quantitative estimate of drug-likeness (QED) is 0.708. The third kappa shape index (κ3) is 1.82. The van der Waals surface area contributed by atoms with Gasteiger partial charge in [-0.1, -0.05) is 18.2 Å². The molecule has 0 radical (unpaired) electrons. The summed E-state index contributed by atoms with van der Waals surface area (Å²) < 4.78 is 5.36. The third-order valence-corrected chi connectivity index (χ3v) is 2.81. The molecule has 1 heteroatoms. The highest BCUT2D eigenvalue weighted by atomic mass is 16.5. The molecule has 2 rings (SSSR count). The molecule has 78 valence electrons. The van der Waals surface area contributed by atoms with Crippen LogP contribution in [0.5, 0.6) is 5.75 Å². The fraction of sp³-hybridized carbons (Fsp3) is 0.286. The Balaban J connectivity index is 2.43. The minimum absolute atomic E-state index is 1.00. The highest BCUT2D eigenvalue weighted by Gasteiger charge is 2.08. The van der Waals surface area contributed by atoms with Gasteiger partial charge in [-0.2, -0.15) is 0 Å². The van der Waals surface area contributed by atoms with Crippen molar-refractivity contribution in [2.45, 2.75) is 20.3 Å². The smallest absolute Gasteiger partial charge is 0.124 e. The average Bonchev–Trinajstić information content (AvgIpc) is 2.69. The molecule has 15 heavy (non-hydrogen) atoms. The molecule has 0 N–H and O–H groups in total. The zero-order valence-corrected chi connectivity index (χ0v) is 9.50. The van der Waals surface area contributed by atoms with Gasteiger partial charge in [-0.3, -0.25) is 0 Å².